The number of ether oxygens (including phenoxy) is 1. The molecule has 0 amide bonds. The van der Waals surface area contributed by atoms with Crippen LogP contribution in [0.15, 0.2) is 6.07 Å². The van der Waals surface area contributed by atoms with Gasteiger partial charge in [-0.3, -0.25) is 0 Å². The van der Waals surface area contributed by atoms with Crippen molar-refractivity contribution in [2.75, 3.05) is 0 Å². The molecule has 0 fully saturated rings. The minimum absolute atomic E-state index is 0.408. The third-order valence-corrected chi connectivity index (χ3v) is 2.06. The number of aromatic nitrogens is 1. The van der Waals surface area contributed by atoms with Crippen molar-refractivity contribution in [2.45, 2.75) is 19.2 Å². The third kappa shape index (κ3) is 3.70. The first kappa shape index (κ1) is 14.4. The van der Waals surface area contributed by atoms with Crippen LogP contribution in [0.1, 0.15) is 17.6 Å². The minimum atomic E-state index is -5.05. The molecule has 98 valence electrons. The summed E-state index contributed by atoms with van der Waals surface area (Å²) in [6.07, 6.45) is -8.62. The lowest BCUT2D eigenvalue weighted by atomic mass is 10.1. The highest BCUT2D eigenvalue weighted by Crippen LogP contribution is 2.32. The summed E-state index contributed by atoms with van der Waals surface area (Å²) in [5, 5.41) is 7.61. The lowest BCUT2D eigenvalue weighted by Gasteiger charge is -2.13. The van der Waals surface area contributed by atoms with E-state index in [1.165, 1.54) is 6.07 Å². The molecule has 0 radical (unpaired) electrons. The SMILES string of the molecule is N#CCc1cc(C(F)F)c(Cl)nc1OC(F)(F)F. The summed E-state index contributed by atoms with van der Waals surface area (Å²) in [4.78, 5) is 3.09. The van der Waals surface area contributed by atoms with Gasteiger partial charge in [0.2, 0.25) is 5.88 Å². The predicted molar refractivity (Wildman–Crippen MR) is 50.2 cm³/mol. The third-order valence-electron chi connectivity index (χ3n) is 1.76. The van der Waals surface area contributed by atoms with Gasteiger partial charge in [0, 0.05) is 5.56 Å². The van der Waals surface area contributed by atoms with E-state index in [9.17, 15) is 22.0 Å². The molecule has 0 saturated carbocycles. The quantitative estimate of drug-likeness (QED) is 0.629. The highest BCUT2D eigenvalue weighted by molar-refractivity contribution is 6.30. The number of hydrogen-bond acceptors (Lipinski definition) is 3. The van der Waals surface area contributed by atoms with Crippen molar-refractivity contribution < 1.29 is 26.7 Å². The largest absolute Gasteiger partial charge is 0.574 e. The summed E-state index contributed by atoms with van der Waals surface area (Å²) in [6, 6.07) is 2.19. The van der Waals surface area contributed by atoms with Crippen molar-refractivity contribution in [1.82, 2.24) is 4.98 Å². The zero-order valence-corrected chi connectivity index (χ0v) is 9.19. The Morgan fingerprint density at radius 1 is 1.44 bits per heavy atom. The van der Waals surface area contributed by atoms with E-state index in [0.717, 1.165) is 0 Å². The average molecular weight is 287 g/mol. The van der Waals surface area contributed by atoms with Gasteiger partial charge in [0.25, 0.3) is 6.43 Å². The first-order chi connectivity index (χ1) is 8.24. The molecule has 0 unspecified atom stereocenters. The Morgan fingerprint density at radius 3 is 2.50 bits per heavy atom. The van der Waals surface area contributed by atoms with Gasteiger partial charge in [-0.2, -0.15) is 5.26 Å². The van der Waals surface area contributed by atoms with Crippen LogP contribution in [0.25, 0.3) is 0 Å². The maximum absolute atomic E-state index is 12.4. The fourth-order valence-corrected chi connectivity index (χ4v) is 1.31. The Kier molecular flexibility index (Phi) is 4.29. The molecule has 0 spiro atoms. The molecule has 0 atom stereocenters. The van der Waals surface area contributed by atoms with Crippen LogP contribution < -0.4 is 4.74 Å². The fourth-order valence-electron chi connectivity index (χ4n) is 1.10. The number of alkyl halides is 5. The van der Waals surface area contributed by atoms with E-state index in [0.29, 0.717) is 6.07 Å². The summed E-state index contributed by atoms with van der Waals surface area (Å²) >= 11 is 5.30. The molecule has 9 heteroatoms. The van der Waals surface area contributed by atoms with Crippen molar-refractivity contribution in [3.05, 3.63) is 22.3 Å². The normalized spacial score (nSPS) is 11.4. The number of rotatable bonds is 3. The van der Waals surface area contributed by atoms with Gasteiger partial charge in [-0.1, -0.05) is 11.6 Å². The molecule has 1 aromatic heterocycles. The van der Waals surface area contributed by atoms with Gasteiger partial charge in [0.15, 0.2) is 0 Å². The maximum Gasteiger partial charge on any atom is 0.574 e. The van der Waals surface area contributed by atoms with Gasteiger partial charge in [-0.05, 0) is 6.07 Å². The number of nitrogens with zero attached hydrogens (tertiary/aromatic N) is 2. The number of hydrogen-bond donors (Lipinski definition) is 0. The van der Waals surface area contributed by atoms with Crippen LogP contribution in [0.3, 0.4) is 0 Å². The lowest BCUT2D eigenvalue weighted by molar-refractivity contribution is -0.276. The highest BCUT2D eigenvalue weighted by atomic mass is 35.5. The highest BCUT2D eigenvalue weighted by Gasteiger charge is 2.33. The molecular weight excluding hydrogens is 283 g/mol. The van der Waals surface area contributed by atoms with Gasteiger partial charge in [-0.15, -0.1) is 13.2 Å². The van der Waals surface area contributed by atoms with Crippen LogP contribution in [0.4, 0.5) is 22.0 Å². The van der Waals surface area contributed by atoms with Gasteiger partial charge in [0.1, 0.15) is 5.15 Å². The molecule has 18 heavy (non-hydrogen) atoms. The van der Waals surface area contributed by atoms with E-state index >= 15 is 0 Å². The van der Waals surface area contributed by atoms with Crippen LogP contribution in [0, 0.1) is 11.3 Å². The summed E-state index contributed by atoms with van der Waals surface area (Å²) in [7, 11) is 0. The molecule has 3 nitrogen and oxygen atoms in total. The van der Waals surface area contributed by atoms with E-state index in [1.807, 2.05) is 0 Å². The monoisotopic (exact) mass is 286 g/mol. The smallest absolute Gasteiger partial charge is 0.387 e. The first-order valence-electron chi connectivity index (χ1n) is 4.34. The molecule has 1 aromatic rings. The first-order valence-corrected chi connectivity index (χ1v) is 4.72. The van der Waals surface area contributed by atoms with Crippen LogP contribution in [-0.2, 0) is 6.42 Å². The Balaban J connectivity index is 3.25. The summed E-state index contributed by atoms with van der Waals surface area (Å²) in [5.41, 5.74) is -1.16. The summed E-state index contributed by atoms with van der Waals surface area (Å²) in [6.45, 7) is 0. The lowest BCUT2D eigenvalue weighted by Crippen LogP contribution is -2.19. The van der Waals surface area contributed by atoms with Crippen LogP contribution >= 0.6 is 11.6 Å². The maximum atomic E-state index is 12.4. The van der Waals surface area contributed by atoms with Crippen LogP contribution in [-0.4, -0.2) is 11.3 Å². The second-order valence-electron chi connectivity index (χ2n) is 3.02. The zero-order chi connectivity index (χ0) is 13.9. The molecule has 1 heterocycles. The van der Waals surface area contributed by atoms with Gasteiger partial charge >= 0.3 is 6.36 Å². The number of pyridine rings is 1. The number of nitriles is 1. The standard InChI is InChI=1S/C9H4ClF5N2O/c10-6-5(7(11)12)3-4(1-2-16)8(17-6)18-9(13,14)15/h3,7H,1H2. The Labute approximate surface area is 103 Å². The molecule has 0 aliphatic carbocycles. The molecule has 0 N–H and O–H groups in total. The molecule has 0 bridgehead atoms. The molecule has 0 aliphatic heterocycles. The second-order valence-corrected chi connectivity index (χ2v) is 3.37. The molecule has 0 aliphatic rings. The Bertz CT molecular complexity index is 483. The molecule has 0 aromatic carbocycles. The minimum Gasteiger partial charge on any atom is -0.387 e. The Hall–Kier alpha value is -1.62. The van der Waals surface area contributed by atoms with Crippen molar-refractivity contribution in [3.63, 3.8) is 0 Å². The van der Waals surface area contributed by atoms with Gasteiger partial charge < -0.3 is 4.74 Å². The zero-order valence-electron chi connectivity index (χ0n) is 8.43. The van der Waals surface area contributed by atoms with Crippen molar-refractivity contribution in [2.24, 2.45) is 0 Å². The average Bonchev–Trinajstić information content (AvgIpc) is 2.19. The number of halogens is 6. The predicted octanol–water partition coefficient (Wildman–Crippen LogP) is 3.64. The van der Waals surface area contributed by atoms with Gasteiger partial charge in [-0.25, -0.2) is 13.8 Å². The van der Waals surface area contributed by atoms with Crippen molar-refractivity contribution in [3.8, 4) is 11.9 Å². The summed E-state index contributed by atoms with van der Waals surface area (Å²) < 4.78 is 64.5. The van der Waals surface area contributed by atoms with E-state index in [2.05, 4.69) is 9.72 Å². The molecular formula is C9H4ClF5N2O. The van der Waals surface area contributed by atoms with Crippen molar-refractivity contribution >= 4 is 11.6 Å². The van der Waals surface area contributed by atoms with E-state index < -0.39 is 41.4 Å². The topological polar surface area (TPSA) is 45.9 Å². The van der Waals surface area contributed by atoms with Crippen molar-refractivity contribution in [1.29, 1.82) is 5.26 Å². The van der Waals surface area contributed by atoms with Crippen LogP contribution in [0.5, 0.6) is 5.88 Å². The van der Waals surface area contributed by atoms with Gasteiger partial charge in [0.05, 0.1) is 18.1 Å². The van der Waals surface area contributed by atoms with E-state index in [1.54, 1.807) is 0 Å². The Morgan fingerprint density at radius 2 is 2.06 bits per heavy atom. The van der Waals surface area contributed by atoms with Crippen LogP contribution in [0.2, 0.25) is 5.15 Å². The fraction of sp³-hybridized carbons (Fsp3) is 0.333. The molecule has 0 saturated heterocycles. The second kappa shape index (κ2) is 5.35. The van der Waals surface area contributed by atoms with E-state index in [4.69, 9.17) is 16.9 Å². The summed E-state index contributed by atoms with van der Waals surface area (Å²) in [5.74, 6) is -1.00. The molecule has 1 rings (SSSR count). The van der Waals surface area contributed by atoms with E-state index in [-0.39, 0.29) is 0 Å².